The molecule has 2 atom stereocenters. The van der Waals surface area contributed by atoms with E-state index >= 15 is 0 Å². The van der Waals surface area contributed by atoms with Crippen LogP contribution in [-0.2, 0) is 0 Å². The smallest absolute Gasteiger partial charge is 0.252 e. The molecule has 19 heavy (non-hydrogen) atoms. The Morgan fingerprint density at radius 1 is 1.32 bits per heavy atom. The summed E-state index contributed by atoms with van der Waals surface area (Å²) in [7, 11) is 0. The summed E-state index contributed by atoms with van der Waals surface area (Å²) in [6.45, 7) is 1.99. The quantitative estimate of drug-likeness (QED) is 0.821. The summed E-state index contributed by atoms with van der Waals surface area (Å²) in [4.78, 5) is 12.3. The summed E-state index contributed by atoms with van der Waals surface area (Å²) in [6.07, 6.45) is 5.51. The van der Waals surface area contributed by atoms with E-state index in [1.165, 1.54) is 12.8 Å². The molecule has 0 radical (unpaired) electrons. The Kier molecular flexibility index (Phi) is 4.99. The lowest BCUT2D eigenvalue weighted by Gasteiger charge is -2.23. The maximum absolute atomic E-state index is 12.3. The predicted molar refractivity (Wildman–Crippen MR) is 81.2 cm³/mol. The van der Waals surface area contributed by atoms with Crippen molar-refractivity contribution in [2.75, 3.05) is 0 Å². The first-order chi connectivity index (χ1) is 9.08. The molecule has 3 nitrogen and oxygen atoms in total. The number of nitrogens with two attached hydrogens (primary N) is 1. The van der Waals surface area contributed by atoms with Gasteiger partial charge in [0.15, 0.2) is 0 Å². The third-order valence-electron chi connectivity index (χ3n) is 3.75. The lowest BCUT2D eigenvalue weighted by molar-refractivity contribution is 0.0928. The van der Waals surface area contributed by atoms with Gasteiger partial charge in [-0.15, -0.1) is 0 Å². The number of carbonyl (C=O) groups is 1. The van der Waals surface area contributed by atoms with E-state index in [2.05, 4.69) is 21.2 Å². The summed E-state index contributed by atoms with van der Waals surface area (Å²) in [6, 6.07) is 5.98. The van der Waals surface area contributed by atoms with Crippen molar-refractivity contribution >= 4 is 21.8 Å². The predicted octanol–water partition coefficient (Wildman–Crippen LogP) is 3.15. The van der Waals surface area contributed by atoms with E-state index < -0.39 is 0 Å². The molecule has 3 N–H and O–H groups in total. The van der Waals surface area contributed by atoms with Crippen molar-refractivity contribution in [1.82, 2.24) is 5.32 Å². The van der Waals surface area contributed by atoms with Gasteiger partial charge in [0.1, 0.15) is 0 Å². The van der Waals surface area contributed by atoms with Crippen LogP contribution < -0.4 is 11.1 Å². The van der Waals surface area contributed by atoms with Gasteiger partial charge in [0.05, 0.1) is 5.56 Å². The van der Waals surface area contributed by atoms with E-state index in [0.29, 0.717) is 5.56 Å². The Labute approximate surface area is 123 Å². The Hall–Kier alpha value is -0.870. The molecule has 1 aromatic carbocycles. The molecule has 2 rings (SSSR count). The Balaban J connectivity index is 2.09. The van der Waals surface area contributed by atoms with E-state index in [1.54, 1.807) is 0 Å². The van der Waals surface area contributed by atoms with Gasteiger partial charge in [-0.2, -0.15) is 0 Å². The molecule has 4 heteroatoms. The average molecular weight is 325 g/mol. The van der Waals surface area contributed by atoms with Crippen LogP contribution in [0.2, 0.25) is 0 Å². The van der Waals surface area contributed by atoms with Gasteiger partial charge in [-0.1, -0.05) is 30.9 Å². The second-order valence-electron chi connectivity index (χ2n) is 5.37. The van der Waals surface area contributed by atoms with Crippen LogP contribution in [0.4, 0.5) is 0 Å². The molecule has 1 aliphatic rings. The topological polar surface area (TPSA) is 55.1 Å². The highest BCUT2D eigenvalue weighted by Gasteiger charge is 2.23. The lowest BCUT2D eigenvalue weighted by Crippen LogP contribution is -2.47. The molecular formula is C15H21BrN2O. The highest BCUT2D eigenvalue weighted by molar-refractivity contribution is 9.10. The van der Waals surface area contributed by atoms with Crippen LogP contribution in [0.25, 0.3) is 0 Å². The Morgan fingerprint density at radius 2 is 2.05 bits per heavy atom. The minimum absolute atomic E-state index is 0.0297. The van der Waals surface area contributed by atoms with Crippen molar-refractivity contribution < 1.29 is 4.79 Å². The van der Waals surface area contributed by atoms with Gasteiger partial charge in [-0.25, -0.2) is 0 Å². The zero-order valence-electron chi connectivity index (χ0n) is 11.3. The number of nitrogens with one attached hydrogen (secondary N) is 1. The summed E-state index contributed by atoms with van der Waals surface area (Å²) in [5, 5.41) is 3.10. The third kappa shape index (κ3) is 3.80. The zero-order valence-corrected chi connectivity index (χ0v) is 12.9. The van der Waals surface area contributed by atoms with Crippen molar-refractivity contribution in [3.63, 3.8) is 0 Å². The largest absolute Gasteiger partial charge is 0.348 e. The highest BCUT2D eigenvalue weighted by atomic mass is 79.9. The standard InChI is InChI=1S/C15H21BrN2O/c1-10-7-8-12(16)11(9-10)15(19)18-14-6-4-2-3-5-13(14)17/h7-9,13-14H,2-6,17H2,1H3,(H,18,19). The fraction of sp³-hybridized carbons (Fsp3) is 0.533. The zero-order chi connectivity index (χ0) is 13.8. The van der Waals surface area contributed by atoms with E-state index in [0.717, 1.165) is 29.3 Å². The summed E-state index contributed by atoms with van der Waals surface area (Å²) in [5.74, 6) is -0.0297. The van der Waals surface area contributed by atoms with Crippen LogP contribution in [0, 0.1) is 6.92 Å². The van der Waals surface area contributed by atoms with Gasteiger partial charge in [-0.05, 0) is 47.8 Å². The molecule has 1 aromatic rings. The van der Waals surface area contributed by atoms with Crippen LogP contribution in [0.1, 0.15) is 48.0 Å². The summed E-state index contributed by atoms with van der Waals surface area (Å²) >= 11 is 3.43. The van der Waals surface area contributed by atoms with Crippen LogP contribution in [0.3, 0.4) is 0 Å². The van der Waals surface area contributed by atoms with Crippen LogP contribution in [0.5, 0.6) is 0 Å². The first-order valence-corrected chi connectivity index (χ1v) is 7.70. The van der Waals surface area contributed by atoms with Gasteiger partial charge < -0.3 is 11.1 Å². The number of benzene rings is 1. The molecule has 0 aromatic heterocycles. The number of aryl methyl sites for hydroxylation is 1. The van der Waals surface area contributed by atoms with E-state index in [1.807, 2.05) is 25.1 Å². The van der Waals surface area contributed by atoms with Crippen molar-refractivity contribution in [1.29, 1.82) is 0 Å². The molecule has 0 spiro atoms. The van der Waals surface area contributed by atoms with Gasteiger partial charge in [-0.3, -0.25) is 4.79 Å². The molecule has 1 saturated carbocycles. The summed E-state index contributed by atoms with van der Waals surface area (Å²) < 4.78 is 0.831. The maximum atomic E-state index is 12.3. The molecule has 1 fully saturated rings. The molecule has 0 saturated heterocycles. The molecule has 0 heterocycles. The number of rotatable bonds is 2. The van der Waals surface area contributed by atoms with Gasteiger partial charge >= 0.3 is 0 Å². The number of hydrogen-bond acceptors (Lipinski definition) is 2. The number of hydrogen-bond donors (Lipinski definition) is 2. The Morgan fingerprint density at radius 3 is 2.84 bits per heavy atom. The van der Waals surface area contributed by atoms with Gasteiger partial charge in [0.25, 0.3) is 5.91 Å². The fourth-order valence-corrected chi connectivity index (χ4v) is 3.00. The number of carbonyl (C=O) groups excluding carboxylic acids is 1. The molecule has 104 valence electrons. The third-order valence-corrected chi connectivity index (χ3v) is 4.44. The van der Waals surface area contributed by atoms with Crippen LogP contribution in [0.15, 0.2) is 22.7 Å². The van der Waals surface area contributed by atoms with E-state index in [-0.39, 0.29) is 18.0 Å². The number of halogens is 1. The summed E-state index contributed by atoms with van der Waals surface area (Å²) in [5.41, 5.74) is 7.92. The van der Waals surface area contributed by atoms with Crippen molar-refractivity contribution in [2.24, 2.45) is 5.73 Å². The minimum atomic E-state index is -0.0297. The van der Waals surface area contributed by atoms with Gasteiger partial charge in [0, 0.05) is 16.6 Å². The minimum Gasteiger partial charge on any atom is -0.348 e. The normalized spacial score (nSPS) is 23.7. The Bertz CT molecular complexity index is 461. The fourth-order valence-electron chi connectivity index (χ4n) is 2.57. The second-order valence-corrected chi connectivity index (χ2v) is 6.22. The average Bonchev–Trinajstić information content (AvgIpc) is 2.58. The first kappa shape index (κ1) is 14.5. The monoisotopic (exact) mass is 324 g/mol. The van der Waals surface area contributed by atoms with Crippen LogP contribution >= 0.6 is 15.9 Å². The molecular weight excluding hydrogens is 304 g/mol. The van der Waals surface area contributed by atoms with Crippen molar-refractivity contribution in [3.8, 4) is 0 Å². The molecule has 2 unspecified atom stereocenters. The molecule has 0 bridgehead atoms. The second kappa shape index (κ2) is 6.53. The maximum Gasteiger partial charge on any atom is 0.252 e. The van der Waals surface area contributed by atoms with E-state index in [4.69, 9.17) is 5.73 Å². The number of amides is 1. The lowest BCUT2D eigenvalue weighted by atomic mass is 10.0. The molecule has 0 aliphatic heterocycles. The van der Waals surface area contributed by atoms with Crippen molar-refractivity contribution in [3.05, 3.63) is 33.8 Å². The van der Waals surface area contributed by atoms with Crippen LogP contribution in [-0.4, -0.2) is 18.0 Å². The highest BCUT2D eigenvalue weighted by Crippen LogP contribution is 2.20. The van der Waals surface area contributed by atoms with Gasteiger partial charge in [0.2, 0.25) is 0 Å². The molecule has 1 amide bonds. The first-order valence-electron chi connectivity index (χ1n) is 6.90. The molecule has 1 aliphatic carbocycles. The van der Waals surface area contributed by atoms with E-state index in [9.17, 15) is 4.79 Å². The van der Waals surface area contributed by atoms with Crippen molar-refractivity contribution in [2.45, 2.75) is 51.1 Å². The SMILES string of the molecule is Cc1ccc(Br)c(C(=O)NC2CCCCCC2N)c1.